The molecule has 0 aromatic heterocycles. The van der Waals surface area contributed by atoms with E-state index in [1.165, 1.54) is 0 Å². The summed E-state index contributed by atoms with van der Waals surface area (Å²) in [5, 5.41) is 2.74. The van der Waals surface area contributed by atoms with E-state index in [2.05, 4.69) is 11.2 Å². The third kappa shape index (κ3) is 9.27. The zero-order chi connectivity index (χ0) is 26.0. The first-order valence-corrected chi connectivity index (χ1v) is 12.4. The Morgan fingerprint density at radius 2 is 1.97 bits per heavy atom. The van der Waals surface area contributed by atoms with Crippen molar-refractivity contribution >= 4 is 23.9 Å². The highest BCUT2D eigenvalue weighted by atomic mass is 16.6. The number of terminal acetylenes is 1. The average molecular weight is 490 g/mol. The van der Waals surface area contributed by atoms with Gasteiger partial charge in [-0.05, 0) is 53.4 Å². The molecule has 0 bridgehead atoms. The fourth-order valence-corrected chi connectivity index (χ4v) is 4.07. The van der Waals surface area contributed by atoms with Gasteiger partial charge in [0.1, 0.15) is 11.5 Å². The number of hydrogen-bond acceptors (Lipinski definition) is 6. The minimum absolute atomic E-state index is 0.0194. The highest BCUT2D eigenvalue weighted by Gasteiger charge is 2.30. The van der Waals surface area contributed by atoms with Gasteiger partial charge in [0.2, 0.25) is 11.8 Å². The molecule has 2 heterocycles. The van der Waals surface area contributed by atoms with Crippen LogP contribution in [0.3, 0.4) is 0 Å². The molecular formula is C26H39N3O6. The van der Waals surface area contributed by atoms with Crippen molar-refractivity contribution < 1.29 is 28.7 Å². The van der Waals surface area contributed by atoms with Crippen LogP contribution >= 0.6 is 0 Å². The van der Waals surface area contributed by atoms with Crippen LogP contribution in [0.2, 0.25) is 0 Å². The van der Waals surface area contributed by atoms with Crippen molar-refractivity contribution in [3.8, 4) is 12.3 Å². The molecule has 0 aromatic carbocycles. The summed E-state index contributed by atoms with van der Waals surface area (Å²) in [6, 6.07) is 0. The molecule has 0 aromatic rings. The van der Waals surface area contributed by atoms with Crippen LogP contribution in [0.15, 0.2) is 11.6 Å². The monoisotopic (exact) mass is 489 g/mol. The summed E-state index contributed by atoms with van der Waals surface area (Å²) in [6.07, 6.45) is 10.2. The van der Waals surface area contributed by atoms with Crippen LogP contribution in [0.25, 0.3) is 0 Å². The maximum Gasteiger partial charge on any atom is 0.410 e. The summed E-state index contributed by atoms with van der Waals surface area (Å²) >= 11 is 0. The molecule has 0 radical (unpaired) electrons. The second-order valence-corrected chi connectivity index (χ2v) is 9.93. The van der Waals surface area contributed by atoms with Gasteiger partial charge in [-0.1, -0.05) is 17.6 Å². The fraction of sp³-hybridized carbons (Fsp3) is 0.692. The second kappa shape index (κ2) is 13.2. The third-order valence-electron chi connectivity index (χ3n) is 6.01. The molecule has 0 spiro atoms. The highest BCUT2D eigenvalue weighted by Crippen LogP contribution is 2.21. The number of likely N-dealkylation sites (tertiary alicyclic amines) is 1. The Morgan fingerprint density at radius 3 is 2.57 bits per heavy atom. The lowest BCUT2D eigenvalue weighted by Gasteiger charge is -2.33. The maximum atomic E-state index is 12.8. The number of amides is 3. The first kappa shape index (κ1) is 28.2. The third-order valence-corrected chi connectivity index (χ3v) is 6.01. The summed E-state index contributed by atoms with van der Waals surface area (Å²) in [6.45, 7) is 9.51. The standard InChI is InChI=1S/C26H39N3O6/c1-6-20(24(32)34-7-2)17-27-23(31)21-9-8-14-29(18-21)22(30)11-10-19-12-15-28(16-13-19)25(33)35-26(3,4)5/h1,12,20-21H,7-11,13-18H2,2-5H3,(H,27,31)/t20-,21+/m0/s1. The van der Waals surface area contributed by atoms with Crippen LogP contribution in [-0.2, 0) is 23.9 Å². The van der Waals surface area contributed by atoms with Crippen LogP contribution in [0, 0.1) is 24.2 Å². The molecule has 1 saturated heterocycles. The molecule has 194 valence electrons. The molecule has 9 nitrogen and oxygen atoms in total. The minimum Gasteiger partial charge on any atom is -0.465 e. The van der Waals surface area contributed by atoms with Gasteiger partial charge < -0.3 is 24.6 Å². The average Bonchev–Trinajstić information content (AvgIpc) is 2.82. The van der Waals surface area contributed by atoms with Crippen LogP contribution < -0.4 is 5.32 Å². The summed E-state index contributed by atoms with van der Waals surface area (Å²) in [4.78, 5) is 52.8. The van der Waals surface area contributed by atoms with Gasteiger partial charge in [-0.15, -0.1) is 6.42 Å². The smallest absolute Gasteiger partial charge is 0.410 e. The molecule has 3 amide bonds. The lowest BCUT2D eigenvalue weighted by atomic mass is 9.96. The normalized spacial score (nSPS) is 19.2. The van der Waals surface area contributed by atoms with Crippen molar-refractivity contribution in [1.82, 2.24) is 15.1 Å². The molecule has 2 aliphatic rings. The van der Waals surface area contributed by atoms with Crippen LogP contribution in [0.4, 0.5) is 4.79 Å². The van der Waals surface area contributed by atoms with Crippen molar-refractivity contribution in [2.45, 2.75) is 65.4 Å². The minimum atomic E-state index is -0.824. The summed E-state index contributed by atoms with van der Waals surface area (Å²) < 4.78 is 10.3. The quantitative estimate of drug-likeness (QED) is 0.319. The summed E-state index contributed by atoms with van der Waals surface area (Å²) in [5.41, 5.74) is 0.629. The highest BCUT2D eigenvalue weighted by molar-refractivity contribution is 5.82. The Hall–Kier alpha value is -3.02. The molecule has 0 saturated carbocycles. The Balaban J connectivity index is 1.78. The van der Waals surface area contributed by atoms with E-state index in [4.69, 9.17) is 15.9 Å². The molecule has 0 unspecified atom stereocenters. The Morgan fingerprint density at radius 1 is 1.23 bits per heavy atom. The van der Waals surface area contributed by atoms with Crippen molar-refractivity contribution in [1.29, 1.82) is 0 Å². The zero-order valence-corrected chi connectivity index (χ0v) is 21.4. The van der Waals surface area contributed by atoms with Gasteiger partial charge in [0.25, 0.3) is 0 Å². The number of nitrogens with zero attached hydrogens (tertiary/aromatic N) is 2. The second-order valence-electron chi connectivity index (χ2n) is 9.93. The van der Waals surface area contributed by atoms with E-state index in [9.17, 15) is 19.2 Å². The number of ether oxygens (including phenoxy) is 2. The molecule has 1 N–H and O–H groups in total. The van der Waals surface area contributed by atoms with E-state index in [0.29, 0.717) is 51.9 Å². The van der Waals surface area contributed by atoms with Crippen LogP contribution in [-0.4, -0.2) is 78.6 Å². The van der Waals surface area contributed by atoms with Crippen molar-refractivity contribution in [2.24, 2.45) is 11.8 Å². The maximum absolute atomic E-state index is 12.8. The van der Waals surface area contributed by atoms with Gasteiger partial charge >= 0.3 is 12.1 Å². The summed E-state index contributed by atoms with van der Waals surface area (Å²) in [7, 11) is 0. The molecular weight excluding hydrogens is 450 g/mol. The number of esters is 1. The number of carbonyl (C=O) groups excluding carboxylic acids is 4. The number of nitrogens with one attached hydrogen (secondary N) is 1. The van der Waals surface area contributed by atoms with Gasteiger partial charge in [-0.25, -0.2) is 4.79 Å². The van der Waals surface area contributed by atoms with E-state index in [1.54, 1.807) is 16.7 Å². The van der Waals surface area contributed by atoms with Crippen molar-refractivity contribution in [2.75, 3.05) is 39.3 Å². The number of piperidine rings is 1. The summed E-state index contributed by atoms with van der Waals surface area (Å²) in [5.74, 6) is 0.487. The Labute approximate surface area is 208 Å². The van der Waals surface area contributed by atoms with Crippen LogP contribution in [0.1, 0.15) is 59.8 Å². The molecule has 2 atom stereocenters. The van der Waals surface area contributed by atoms with E-state index in [-0.39, 0.29) is 37.0 Å². The molecule has 1 fully saturated rings. The van der Waals surface area contributed by atoms with E-state index >= 15 is 0 Å². The van der Waals surface area contributed by atoms with Crippen LogP contribution in [0.5, 0.6) is 0 Å². The van der Waals surface area contributed by atoms with E-state index in [1.807, 2.05) is 26.8 Å². The van der Waals surface area contributed by atoms with Gasteiger partial charge in [-0.3, -0.25) is 14.4 Å². The molecule has 2 aliphatic heterocycles. The number of rotatable bonds is 8. The fourth-order valence-electron chi connectivity index (χ4n) is 4.07. The number of carbonyl (C=O) groups is 4. The molecule has 0 aliphatic carbocycles. The van der Waals surface area contributed by atoms with Gasteiger partial charge in [0.15, 0.2) is 0 Å². The molecule has 9 heteroatoms. The predicted molar refractivity (Wildman–Crippen MR) is 131 cm³/mol. The lowest BCUT2D eigenvalue weighted by molar-refractivity contribution is -0.145. The topological polar surface area (TPSA) is 105 Å². The molecule has 35 heavy (non-hydrogen) atoms. The first-order valence-electron chi connectivity index (χ1n) is 12.4. The van der Waals surface area contributed by atoms with Gasteiger partial charge in [0.05, 0.1) is 12.5 Å². The van der Waals surface area contributed by atoms with Gasteiger partial charge in [-0.2, -0.15) is 0 Å². The Bertz CT molecular complexity index is 854. The SMILES string of the molecule is C#C[C@@H](CNC(=O)[C@@H]1CCCN(C(=O)CCC2=CCN(C(=O)OC(C)(C)C)CC2)C1)C(=O)OCC. The van der Waals surface area contributed by atoms with Gasteiger partial charge in [0, 0.05) is 39.1 Å². The number of hydrogen-bond donors (Lipinski definition) is 1. The largest absolute Gasteiger partial charge is 0.465 e. The van der Waals surface area contributed by atoms with E-state index in [0.717, 1.165) is 12.0 Å². The predicted octanol–water partition coefficient (Wildman–Crippen LogP) is 2.50. The molecule has 2 rings (SSSR count). The first-order chi connectivity index (χ1) is 16.5. The van der Waals surface area contributed by atoms with Crippen molar-refractivity contribution in [3.63, 3.8) is 0 Å². The van der Waals surface area contributed by atoms with Crippen molar-refractivity contribution in [3.05, 3.63) is 11.6 Å². The zero-order valence-electron chi connectivity index (χ0n) is 21.4. The lowest BCUT2D eigenvalue weighted by Crippen LogP contribution is -2.46. The Kier molecular flexibility index (Phi) is 10.6. The van der Waals surface area contributed by atoms with E-state index < -0.39 is 17.5 Å².